The summed E-state index contributed by atoms with van der Waals surface area (Å²) in [7, 11) is -4.03. The second-order valence-corrected chi connectivity index (χ2v) is 22.0. The molecule has 4 heteroatoms. The summed E-state index contributed by atoms with van der Waals surface area (Å²) < 4.78 is 13.6. The standard InChI is InChI=1S/C28H50O2Si2/c1-19(2)31(20(3)4,21(5)6)29-25(13)27-15-17-28(18-16-27)26(14)30-32(22(7)8,23(9)10)24(11)12/h15-24H,13-14H2,1-12H3. The van der Waals surface area contributed by atoms with Crippen molar-refractivity contribution in [2.75, 3.05) is 0 Å². The van der Waals surface area contributed by atoms with Crippen LogP contribution in [0, 0.1) is 0 Å². The van der Waals surface area contributed by atoms with E-state index in [-0.39, 0.29) is 0 Å². The lowest BCUT2D eigenvalue weighted by Gasteiger charge is -2.43. The van der Waals surface area contributed by atoms with E-state index in [0.29, 0.717) is 33.2 Å². The van der Waals surface area contributed by atoms with Gasteiger partial charge in [0.05, 0.1) is 0 Å². The van der Waals surface area contributed by atoms with E-state index in [1.54, 1.807) is 0 Å². The Labute approximate surface area is 201 Å². The second kappa shape index (κ2) is 11.2. The number of rotatable bonds is 12. The maximum atomic E-state index is 6.78. The number of benzene rings is 1. The van der Waals surface area contributed by atoms with E-state index >= 15 is 0 Å². The lowest BCUT2D eigenvalue weighted by Crippen LogP contribution is -2.47. The predicted octanol–water partition coefficient (Wildman–Crippen LogP) is 10.0. The molecule has 0 saturated carbocycles. The highest BCUT2D eigenvalue weighted by molar-refractivity contribution is 6.78. The normalized spacial score (nSPS) is 13.1. The Bertz CT molecular complexity index is 650. The first-order valence-corrected chi connectivity index (χ1v) is 16.8. The molecule has 0 aliphatic carbocycles. The fourth-order valence-electron chi connectivity index (χ4n) is 6.09. The summed E-state index contributed by atoms with van der Waals surface area (Å²) in [6.45, 7) is 36.3. The summed E-state index contributed by atoms with van der Waals surface area (Å²) in [5.74, 6) is 1.59. The summed E-state index contributed by atoms with van der Waals surface area (Å²) in [5, 5.41) is 0. The zero-order valence-electron chi connectivity index (χ0n) is 23.0. The van der Waals surface area contributed by atoms with Gasteiger partial charge in [0.1, 0.15) is 11.5 Å². The second-order valence-electron chi connectivity index (χ2n) is 11.3. The van der Waals surface area contributed by atoms with Gasteiger partial charge in [-0.2, -0.15) is 0 Å². The first-order chi connectivity index (χ1) is 14.6. The molecule has 0 aliphatic heterocycles. The molecule has 0 atom stereocenters. The highest BCUT2D eigenvalue weighted by atomic mass is 28.4. The predicted molar refractivity (Wildman–Crippen MR) is 149 cm³/mol. The SMILES string of the molecule is C=C(O[Si](C(C)C)(C(C)C)C(C)C)c1ccc(C(=C)O[Si](C(C)C)(C(C)C)C(C)C)cc1. The van der Waals surface area contributed by atoms with E-state index in [4.69, 9.17) is 8.85 Å². The number of hydrogen-bond donors (Lipinski definition) is 0. The van der Waals surface area contributed by atoms with Crippen LogP contribution >= 0.6 is 0 Å². The van der Waals surface area contributed by atoms with Crippen molar-refractivity contribution >= 4 is 28.2 Å². The highest BCUT2D eigenvalue weighted by Gasteiger charge is 2.48. The summed E-state index contributed by atoms with van der Waals surface area (Å²) in [5.41, 5.74) is 5.21. The summed E-state index contributed by atoms with van der Waals surface area (Å²) in [4.78, 5) is 0. The molecule has 0 N–H and O–H groups in total. The summed E-state index contributed by atoms with van der Waals surface area (Å²) >= 11 is 0. The van der Waals surface area contributed by atoms with Crippen molar-refractivity contribution in [1.29, 1.82) is 0 Å². The topological polar surface area (TPSA) is 18.5 Å². The third-order valence-corrected chi connectivity index (χ3v) is 19.6. The molecular weight excluding hydrogens is 424 g/mol. The molecule has 0 unspecified atom stereocenters. The van der Waals surface area contributed by atoms with Crippen LogP contribution in [-0.2, 0) is 8.85 Å². The van der Waals surface area contributed by atoms with Crippen molar-refractivity contribution in [2.45, 2.75) is 116 Å². The van der Waals surface area contributed by atoms with Crippen molar-refractivity contribution in [2.24, 2.45) is 0 Å². The summed E-state index contributed by atoms with van der Waals surface area (Å²) in [6, 6.07) is 8.43. The molecule has 0 fully saturated rings. The molecule has 0 heterocycles. The smallest absolute Gasteiger partial charge is 0.258 e. The van der Waals surface area contributed by atoms with Crippen molar-refractivity contribution < 1.29 is 8.85 Å². The Morgan fingerprint density at radius 1 is 0.500 bits per heavy atom. The van der Waals surface area contributed by atoms with E-state index in [1.165, 1.54) is 0 Å². The molecule has 0 aliphatic rings. The van der Waals surface area contributed by atoms with Crippen LogP contribution < -0.4 is 0 Å². The van der Waals surface area contributed by atoms with Crippen LogP contribution in [0.25, 0.3) is 11.5 Å². The molecular formula is C28H50O2Si2. The van der Waals surface area contributed by atoms with Crippen LogP contribution in [0.15, 0.2) is 37.4 Å². The largest absolute Gasteiger partial charge is 0.543 e. The molecule has 0 amide bonds. The van der Waals surface area contributed by atoms with Crippen molar-refractivity contribution in [3.8, 4) is 0 Å². The van der Waals surface area contributed by atoms with Gasteiger partial charge in [0.2, 0.25) is 0 Å². The molecule has 182 valence electrons. The molecule has 0 aromatic heterocycles. The van der Waals surface area contributed by atoms with Crippen molar-refractivity contribution in [1.82, 2.24) is 0 Å². The van der Waals surface area contributed by atoms with Crippen LogP contribution in [0.1, 0.15) is 94.2 Å². The van der Waals surface area contributed by atoms with E-state index in [9.17, 15) is 0 Å². The quantitative estimate of drug-likeness (QED) is 0.221. The summed E-state index contributed by atoms with van der Waals surface area (Å²) in [6.07, 6.45) is 0. The molecule has 2 nitrogen and oxygen atoms in total. The van der Waals surface area contributed by atoms with Crippen LogP contribution in [0.3, 0.4) is 0 Å². The average molecular weight is 475 g/mol. The van der Waals surface area contributed by atoms with Gasteiger partial charge in [0.15, 0.2) is 0 Å². The minimum atomic E-state index is -2.01. The molecule has 1 rings (SSSR count). The average Bonchev–Trinajstić information content (AvgIpc) is 2.68. The third-order valence-electron chi connectivity index (χ3n) is 7.54. The van der Waals surface area contributed by atoms with Crippen LogP contribution in [0.2, 0.25) is 33.2 Å². The van der Waals surface area contributed by atoms with Gasteiger partial charge in [-0.15, -0.1) is 0 Å². The van der Waals surface area contributed by atoms with E-state index in [1.807, 2.05) is 0 Å². The molecule has 32 heavy (non-hydrogen) atoms. The molecule has 1 aromatic carbocycles. The Morgan fingerprint density at radius 3 is 0.844 bits per heavy atom. The van der Waals surface area contributed by atoms with Gasteiger partial charge in [-0.25, -0.2) is 0 Å². The van der Waals surface area contributed by atoms with Gasteiger partial charge in [0, 0.05) is 11.1 Å². The lowest BCUT2D eigenvalue weighted by molar-refractivity contribution is 0.444. The molecule has 0 saturated heterocycles. The maximum absolute atomic E-state index is 6.78. The highest BCUT2D eigenvalue weighted by Crippen LogP contribution is 2.46. The zero-order chi connectivity index (χ0) is 25.0. The fraction of sp³-hybridized carbons (Fsp3) is 0.643. The van der Waals surface area contributed by atoms with Crippen molar-refractivity contribution in [3.63, 3.8) is 0 Å². The van der Waals surface area contributed by atoms with Gasteiger partial charge >= 0.3 is 0 Å². The number of hydrogen-bond acceptors (Lipinski definition) is 2. The molecule has 0 radical (unpaired) electrons. The minimum absolute atomic E-state index is 0.521. The van der Waals surface area contributed by atoms with Crippen molar-refractivity contribution in [3.05, 3.63) is 48.6 Å². The Morgan fingerprint density at radius 2 is 0.688 bits per heavy atom. The van der Waals surface area contributed by atoms with E-state index in [2.05, 4.69) is 121 Å². The van der Waals surface area contributed by atoms with Gasteiger partial charge < -0.3 is 8.85 Å². The molecule has 0 bridgehead atoms. The Hall–Kier alpha value is -1.27. The van der Waals surface area contributed by atoms with Gasteiger partial charge in [-0.05, 0) is 33.2 Å². The first-order valence-electron chi connectivity index (χ1n) is 12.5. The Balaban J connectivity index is 3.15. The van der Waals surface area contributed by atoms with Gasteiger partial charge in [-0.3, -0.25) is 0 Å². The van der Waals surface area contributed by atoms with Crippen LogP contribution in [0.4, 0.5) is 0 Å². The van der Waals surface area contributed by atoms with E-state index in [0.717, 1.165) is 22.6 Å². The monoisotopic (exact) mass is 474 g/mol. The minimum Gasteiger partial charge on any atom is -0.543 e. The maximum Gasteiger partial charge on any atom is 0.258 e. The molecule has 0 spiro atoms. The lowest BCUT2D eigenvalue weighted by atomic mass is 10.1. The third kappa shape index (κ3) is 5.62. The fourth-order valence-corrected chi connectivity index (χ4v) is 16.6. The van der Waals surface area contributed by atoms with Gasteiger partial charge in [0.25, 0.3) is 16.6 Å². The zero-order valence-corrected chi connectivity index (χ0v) is 25.0. The first kappa shape index (κ1) is 28.8. The van der Waals surface area contributed by atoms with Crippen LogP contribution in [-0.4, -0.2) is 16.6 Å². The Kier molecular flexibility index (Phi) is 10.1. The van der Waals surface area contributed by atoms with Crippen LogP contribution in [0.5, 0.6) is 0 Å². The van der Waals surface area contributed by atoms with Gasteiger partial charge in [-0.1, -0.05) is 121 Å². The van der Waals surface area contributed by atoms with E-state index < -0.39 is 16.6 Å². The molecule has 1 aromatic rings.